The van der Waals surface area contributed by atoms with E-state index < -0.39 is 5.91 Å². The Morgan fingerprint density at radius 3 is 2.87 bits per heavy atom. The number of H-pyrrole nitrogens is 1. The number of carbonyl (C=O) groups is 2. The van der Waals surface area contributed by atoms with E-state index in [-0.39, 0.29) is 18.1 Å². The van der Waals surface area contributed by atoms with E-state index in [0.717, 1.165) is 17.5 Å². The third kappa shape index (κ3) is 4.97. The average Bonchev–Trinajstić information content (AvgIpc) is 3.50. The highest BCUT2D eigenvalue weighted by atomic mass is 32.2. The Kier molecular flexibility index (Phi) is 6.37. The summed E-state index contributed by atoms with van der Waals surface area (Å²) in [6.07, 6.45) is 4.38. The number of furan rings is 1. The number of carbonyl (C=O) groups excluding carboxylic acids is 2. The first-order valence-electron chi connectivity index (χ1n) is 9.81. The predicted octanol–water partition coefficient (Wildman–Crippen LogP) is 2.35. The number of hydrogen-bond donors (Lipinski definition) is 3. The minimum Gasteiger partial charge on any atom is -0.461 e. The number of fused-ring (bicyclic) bond motifs is 1. The fourth-order valence-electron chi connectivity index (χ4n) is 3.26. The van der Waals surface area contributed by atoms with E-state index in [1.807, 2.05) is 24.4 Å². The molecule has 3 heterocycles. The number of primary amides is 1. The van der Waals surface area contributed by atoms with Crippen LogP contribution in [-0.4, -0.2) is 43.9 Å². The van der Waals surface area contributed by atoms with Crippen LogP contribution in [0.5, 0.6) is 0 Å². The molecule has 0 aliphatic heterocycles. The Balaban J connectivity index is 1.33. The summed E-state index contributed by atoms with van der Waals surface area (Å²) >= 11 is 1.25. The van der Waals surface area contributed by atoms with Gasteiger partial charge in [0.1, 0.15) is 0 Å². The van der Waals surface area contributed by atoms with Crippen molar-refractivity contribution in [3.05, 3.63) is 54.4 Å². The quantitative estimate of drug-likeness (QED) is 0.326. The van der Waals surface area contributed by atoms with Crippen LogP contribution >= 0.6 is 11.8 Å². The zero-order valence-corrected chi connectivity index (χ0v) is 17.5. The lowest BCUT2D eigenvalue weighted by Crippen LogP contribution is -2.27. The molecule has 0 radical (unpaired) electrons. The van der Waals surface area contributed by atoms with Crippen molar-refractivity contribution in [3.63, 3.8) is 0 Å². The molecule has 160 valence electrons. The molecule has 4 aromatic rings. The number of nitrogens with two attached hydrogens (primary N) is 1. The van der Waals surface area contributed by atoms with Crippen LogP contribution in [0.15, 0.2) is 58.4 Å². The number of hydrogen-bond acceptors (Lipinski definition) is 6. The van der Waals surface area contributed by atoms with E-state index in [2.05, 4.69) is 26.6 Å². The average molecular weight is 439 g/mol. The number of benzene rings is 1. The van der Waals surface area contributed by atoms with Crippen LogP contribution in [0, 0.1) is 0 Å². The minimum atomic E-state index is -0.426. The van der Waals surface area contributed by atoms with Crippen LogP contribution < -0.4 is 11.1 Å². The van der Waals surface area contributed by atoms with Crippen molar-refractivity contribution in [1.82, 2.24) is 25.1 Å². The molecule has 0 atom stereocenters. The van der Waals surface area contributed by atoms with Crippen molar-refractivity contribution in [2.24, 2.45) is 5.73 Å². The van der Waals surface area contributed by atoms with Crippen molar-refractivity contribution in [1.29, 1.82) is 0 Å². The van der Waals surface area contributed by atoms with Gasteiger partial charge in [0.05, 0.1) is 12.0 Å². The van der Waals surface area contributed by atoms with Crippen LogP contribution in [0.3, 0.4) is 0 Å². The van der Waals surface area contributed by atoms with Gasteiger partial charge < -0.3 is 20.5 Å². The van der Waals surface area contributed by atoms with Crippen LogP contribution in [0.25, 0.3) is 22.5 Å². The highest BCUT2D eigenvalue weighted by Gasteiger charge is 2.18. The van der Waals surface area contributed by atoms with Crippen molar-refractivity contribution in [2.45, 2.75) is 24.5 Å². The van der Waals surface area contributed by atoms with E-state index in [1.54, 1.807) is 16.7 Å². The normalized spacial score (nSPS) is 11.1. The molecule has 9 nitrogen and oxygen atoms in total. The van der Waals surface area contributed by atoms with Crippen LogP contribution in [-0.2, 0) is 22.6 Å². The maximum atomic E-state index is 12.3. The summed E-state index contributed by atoms with van der Waals surface area (Å²) < 4.78 is 7.14. The largest absolute Gasteiger partial charge is 0.461 e. The molecule has 4 rings (SSSR count). The van der Waals surface area contributed by atoms with E-state index in [0.29, 0.717) is 29.8 Å². The maximum absolute atomic E-state index is 12.3. The Hall–Kier alpha value is -3.53. The number of nitrogens with zero attached hydrogens (tertiary/aromatic N) is 3. The molecule has 0 aliphatic carbocycles. The summed E-state index contributed by atoms with van der Waals surface area (Å²) in [5.74, 6) is 0.681. The zero-order chi connectivity index (χ0) is 21.6. The molecule has 31 heavy (non-hydrogen) atoms. The Morgan fingerprint density at radius 1 is 1.19 bits per heavy atom. The smallest absolute Gasteiger partial charge is 0.230 e. The molecule has 0 saturated carbocycles. The topological polar surface area (TPSA) is 132 Å². The molecule has 0 unspecified atom stereocenters. The number of aromatic nitrogens is 4. The zero-order valence-electron chi connectivity index (χ0n) is 16.7. The first-order valence-corrected chi connectivity index (χ1v) is 10.8. The van der Waals surface area contributed by atoms with E-state index in [1.165, 1.54) is 23.4 Å². The lowest BCUT2D eigenvalue weighted by Gasteiger charge is -2.08. The number of amides is 2. The molecular weight excluding hydrogens is 416 g/mol. The summed E-state index contributed by atoms with van der Waals surface area (Å²) in [5.41, 5.74) is 7.54. The third-order valence-electron chi connectivity index (χ3n) is 4.76. The second-order valence-corrected chi connectivity index (χ2v) is 7.84. The van der Waals surface area contributed by atoms with Gasteiger partial charge in [0, 0.05) is 36.6 Å². The second-order valence-electron chi connectivity index (χ2n) is 6.90. The summed E-state index contributed by atoms with van der Waals surface area (Å²) in [6, 6.07) is 11.6. The number of rotatable bonds is 10. The van der Waals surface area contributed by atoms with Gasteiger partial charge in [0.2, 0.25) is 11.8 Å². The Morgan fingerprint density at radius 2 is 2.06 bits per heavy atom. The van der Waals surface area contributed by atoms with E-state index in [9.17, 15) is 9.59 Å². The molecule has 0 spiro atoms. The minimum absolute atomic E-state index is 0.103. The molecule has 0 saturated heterocycles. The monoisotopic (exact) mass is 438 g/mol. The maximum Gasteiger partial charge on any atom is 0.230 e. The molecule has 4 N–H and O–H groups in total. The fourth-order valence-corrected chi connectivity index (χ4v) is 4.06. The number of thioether (sulfide) groups is 1. The van der Waals surface area contributed by atoms with Gasteiger partial charge in [0.25, 0.3) is 0 Å². The van der Waals surface area contributed by atoms with Crippen LogP contribution in [0.1, 0.15) is 12.0 Å². The molecule has 0 fully saturated rings. The SMILES string of the molecule is NC(=O)CCn1c(SCC(=O)NCCc2c[nH]c3ccccc23)nnc1-c1ccco1. The van der Waals surface area contributed by atoms with E-state index >= 15 is 0 Å². The third-order valence-corrected chi connectivity index (χ3v) is 5.73. The van der Waals surface area contributed by atoms with E-state index in [4.69, 9.17) is 10.2 Å². The van der Waals surface area contributed by atoms with Gasteiger partial charge in [-0.15, -0.1) is 10.2 Å². The lowest BCUT2D eigenvalue weighted by atomic mass is 10.1. The second kappa shape index (κ2) is 9.52. The number of nitrogens with one attached hydrogen (secondary N) is 2. The highest BCUT2D eigenvalue weighted by Crippen LogP contribution is 2.24. The first kappa shape index (κ1) is 20.7. The van der Waals surface area contributed by atoms with Crippen molar-refractivity contribution in [2.75, 3.05) is 12.3 Å². The number of aromatic amines is 1. The predicted molar refractivity (Wildman–Crippen MR) is 117 cm³/mol. The molecule has 0 bridgehead atoms. The molecule has 10 heteroatoms. The molecular formula is C21H22N6O3S. The molecule has 0 aliphatic rings. The molecule has 3 aromatic heterocycles. The van der Waals surface area contributed by atoms with Crippen molar-refractivity contribution in [3.8, 4) is 11.6 Å². The molecule has 1 aromatic carbocycles. The van der Waals surface area contributed by atoms with Gasteiger partial charge in [-0.2, -0.15) is 0 Å². The van der Waals surface area contributed by atoms with Gasteiger partial charge in [0.15, 0.2) is 16.7 Å². The Labute approximate surface area is 182 Å². The van der Waals surface area contributed by atoms with Crippen molar-refractivity contribution < 1.29 is 14.0 Å². The summed E-state index contributed by atoms with van der Waals surface area (Å²) in [5, 5.41) is 12.9. The first-order chi connectivity index (χ1) is 15.1. The van der Waals surface area contributed by atoms with Crippen LogP contribution in [0.4, 0.5) is 0 Å². The van der Waals surface area contributed by atoms with Gasteiger partial charge in [-0.3, -0.25) is 14.2 Å². The summed E-state index contributed by atoms with van der Waals surface area (Å²) in [6.45, 7) is 0.843. The van der Waals surface area contributed by atoms with Crippen LogP contribution in [0.2, 0.25) is 0 Å². The van der Waals surface area contributed by atoms with Crippen molar-refractivity contribution >= 4 is 34.5 Å². The van der Waals surface area contributed by atoms with Gasteiger partial charge in [-0.05, 0) is 30.2 Å². The van der Waals surface area contributed by atoms with Gasteiger partial charge in [-0.1, -0.05) is 30.0 Å². The molecule has 2 amide bonds. The summed E-state index contributed by atoms with van der Waals surface area (Å²) in [4.78, 5) is 26.8. The Bertz CT molecular complexity index is 1180. The highest BCUT2D eigenvalue weighted by molar-refractivity contribution is 7.99. The summed E-state index contributed by atoms with van der Waals surface area (Å²) in [7, 11) is 0. The van der Waals surface area contributed by atoms with Gasteiger partial charge >= 0.3 is 0 Å². The standard InChI is InChI=1S/C21H22N6O3S/c22-18(28)8-10-27-20(17-6-3-11-30-17)25-26-21(27)31-13-19(29)23-9-7-14-12-24-16-5-2-1-4-15(14)16/h1-6,11-12,24H,7-10,13H2,(H2,22,28)(H,23,29). The van der Waals surface area contributed by atoms with Gasteiger partial charge in [-0.25, -0.2) is 0 Å². The fraction of sp³-hybridized carbons (Fsp3) is 0.238. The lowest BCUT2D eigenvalue weighted by molar-refractivity contribution is -0.119. The number of para-hydroxylation sites is 1.